The molecule has 0 radical (unpaired) electrons. The lowest BCUT2D eigenvalue weighted by molar-refractivity contribution is -0.384. The molecule has 0 saturated heterocycles. The first-order chi connectivity index (χ1) is 60.4. The van der Waals surface area contributed by atoms with Crippen LogP contribution in [-0.2, 0) is 32.1 Å². The number of fused-ring (bicyclic) bond motifs is 5. The Morgan fingerprint density at radius 2 is 0.728 bits per heavy atom. The number of rotatable bonds is 27. The maximum absolute atomic E-state index is 14.2. The zero-order valence-electron chi connectivity index (χ0n) is 70.8. The number of benzene rings is 5. The van der Waals surface area contributed by atoms with Crippen LogP contribution in [0.3, 0.4) is 0 Å². The number of hydrogen-bond acceptors (Lipinski definition) is 17. The number of alkyl halides is 3. The van der Waals surface area contributed by atoms with Crippen LogP contribution in [0.2, 0.25) is 0 Å². The third-order valence-corrected chi connectivity index (χ3v) is 22.7. The minimum Gasteiger partial charge on any atom is -0.493 e. The summed E-state index contributed by atoms with van der Waals surface area (Å²) in [6.45, 7) is 25.2. The van der Waals surface area contributed by atoms with Crippen LogP contribution in [0.5, 0.6) is 23.0 Å². The highest BCUT2D eigenvalue weighted by Crippen LogP contribution is 2.42. The van der Waals surface area contributed by atoms with Crippen molar-refractivity contribution in [2.75, 3.05) is 39.8 Å². The number of ether oxygens (including phenoxy) is 4. The smallest absolute Gasteiger partial charge is 0.493 e. The Balaban J connectivity index is 0.000000115. The van der Waals surface area contributed by atoms with Crippen molar-refractivity contribution in [1.82, 2.24) is 73.0 Å². The monoisotopic (exact) mass is 1680 g/mol. The SMILES string of the molecule is C=C(Cc1nc2cccc(-c3ccc(N(C)C)c(C)c3)n2n1)C1CC1.C=C(Cc1nc2cccc(-c3ccc(OC(F)(F)F)cc3)n2n1)C1CC1.C=C(Cc1nc2cccc(-c3ccc(OC)c(OC)c3)n2n1)C1CC1.C=C(Cc1nc2cccc(-c3ccc(OCC)c(F)c3)n2n1)C1CC1.C=C(Cc1nc2cccc(-c3ccc([N+](=O)[O-])cc3)n2n1)C1CC1. The second kappa shape index (κ2) is 36.6. The molecule has 10 aromatic heterocycles. The van der Waals surface area contributed by atoms with Crippen LogP contribution >= 0.6 is 0 Å². The number of aryl methyl sites for hydroxylation is 1. The number of nitro benzene ring substituents is 1. The molecule has 125 heavy (non-hydrogen) atoms. The highest BCUT2D eigenvalue weighted by molar-refractivity contribution is 5.71. The van der Waals surface area contributed by atoms with Gasteiger partial charge in [0.2, 0.25) is 0 Å². The van der Waals surface area contributed by atoms with Gasteiger partial charge in [-0.25, -0.2) is 51.9 Å². The average Bonchev–Trinajstić information content (AvgIpc) is 1.66. The van der Waals surface area contributed by atoms with Crippen molar-refractivity contribution < 1.29 is 41.4 Å². The molecule has 27 heteroatoms. The lowest BCUT2D eigenvalue weighted by Gasteiger charge is -2.16. The molecule has 0 amide bonds. The third kappa shape index (κ3) is 20.5. The van der Waals surface area contributed by atoms with E-state index in [1.807, 2.05) is 125 Å². The summed E-state index contributed by atoms with van der Waals surface area (Å²) < 4.78 is 80.1. The van der Waals surface area contributed by atoms with E-state index in [2.05, 4.69) is 123 Å². The maximum Gasteiger partial charge on any atom is 0.573 e. The second-order valence-electron chi connectivity index (χ2n) is 32.5. The van der Waals surface area contributed by atoms with Gasteiger partial charge in [0.1, 0.15) is 5.75 Å². The van der Waals surface area contributed by atoms with Gasteiger partial charge < -0.3 is 23.8 Å². The molecule has 0 N–H and O–H groups in total. The van der Waals surface area contributed by atoms with Crippen LogP contribution in [0.1, 0.15) is 106 Å². The van der Waals surface area contributed by atoms with Gasteiger partial charge in [0.15, 0.2) is 80.4 Å². The van der Waals surface area contributed by atoms with Gasteiger partial charge in [-0.2, -0.15) is 25.5 Å². The predicted octanol–water partition coefficient (Wildman–Crippen LogP) is 21.3. The molecule has 0 bridgehead atoms. The maximum atomic E-state index is 14.2. The van der Waals surface area contributed by atoms with Gasteiger partial charge in [-0.3, -0.25) is 10.1 Å². The fraction of sp³-hybridized carbons (Fsp3) is 0.286. The van der Waals surface area contributed by atoms with E-state index in [4.69, 9.17) is 29.4 Å². The summed E-state index contributed by atoms with van der Waals surface area (Å²) in [5.41, 5.74) is 21.5. The molecule has 5 saturated carbocycles. The molecule has 638 valence electrons. The molecule has 20 rings (SSSR count). The topological polar surface area (TPSA) is 234 Å². The van der Waals surface area contributed by atoms with Gasteiger partial charge in [-0.1, -0.05) is 97.2 Å². The standard InChI is InChI=1S/C21H24N4.C20H20FN3O.C20H21N3O2.C19H16F3N3O.C18H16N4O2/c1-14(16-8-9-16)13-20-22-21-7-5-6-19(25(21)23-20)17-10-11-18(24(3)4)15(2)12-17;1-3-25-18-10-9-15(12-16(18)21)17-5-4-6-20-22-19(23-24(17)20)11-13(2)14-7-8-14;1-13(14-7-8-14)11-19-21-20-6-4-5-16(23(20)22-19)15-9-10-17(24-2)18(12-15)25-3;1-12(13-5-6-13)11-17-23-18-4-2-3-16(25(18)24-17)14-7-9-15(10-8-14)26-19(20,21)22;1-12(13-5-6-13)11-17-19-18-4-2-3-16(21(18)20-17)14-7-9-15(10-8-14)22(23)24/h5-7,10-12,16H,1,8-9,13H2,2-4H3;4-6,9-10,12,14H,2-3,7-8,11H2,1H3;4-6,9-10,12,14H,1,7-8,11H2,2-3H3;2-4,7-10,13H,1,5-6,11H2;2-4,7-10,13H,1,5-6,11H2. The van der Waals surface area contributed by atoms with Gasteiger partial charge in [-0.15, -0.1) is 13.2 Å². The molecule has 5 aliphatic rings. The number of pyridine rings is 5. The van der Waals surface area contributed by atoms with Crippen molar-refractivity contribution in [3.05, 3.63) is 306 Å². The van der Waals surface area contributed by atoms with Crippen LogP contribution in [0.4, 0.5) is 28.9 Å². The first kappa shape index (κ1) is 84.6. The fourth-order valence-corrected chi connectivity index (χ4v) is 15.2. The normalized spacial score (nSPS) is 14.1. The Labute approximate surface area is 721 Å². The van der Waals surface area contributed by atoms with Crippen molar-refractivity contribution >= 4 is 39.6 Å². The first-order valence-corrected chi connectivity index (χ1v) is 42.0. The molecular weight excluding hydrogens is 1590 g/mol. The number of allylic oxidation sites excluding steroid dienone is 5. The minimum absolute atomic E-state index is 0.0749. The summed E-state index contributed by atoms with van der Waals surface area (Å²) in [5.74, 6) is 8.14. The van der Waals surface area contributed by atoms with Crippen molar-refractivity contribution in [2.24, 2.45) is 29.6 Å². The van der Waals surface area contributed by atoms with Gasteiger partial charge in [0.25, 0.3) is 5.69 Å². The summed E-state index contributed by atoms with van der Waals surface area (Å²) in [7, 11) is 7.41. The molecule has 5 aromatic carbocycles. The van der Waals surface area contributed by atoms with Gasteiger partial charge in [-0.05, 0) is 259 Å². The summed E-state index contributed by atoms with van der Waals surface area (Å²) in [4.78, 5) is 35.6. The number of nitro groups is 1. The lowest BCUT2D eigenvalue weighted by Crippen LogP contribution is -2.16. The Morgan fingerprint density at radius 3 is 1.02 bits per heavy atom. The molecule has 0 spiro atoms. The average molecular weight is 1680 g/mol. The van der Waals surface area contributed by atoms with Gasteiger partial charge in [0.05, 0.1) is 54.2 Å². The largest absolute Gasteiger partial charge is 0.573 e. The van der Waals surface area contributed by atoms with E-state index in [0.717, 1.165) is 121 Å². The zero-order valence-corrected chi connectivity index (χ0v) is 70.8. The van der Waals surface area contributed by atoms with E-state index < -0.39 is 11.3 Å². The van der Waals surface area contributed by atoms with Crippen LogP contribution in [-0.4, -0.2) is 119 Å². The number of aromatic nitrogens is 15. The van der Waals surface area contributed by atoms with E-state index in [1.165, 1.54) is 128 Å². The summed E-state index contributed by atoms with van der Waals surface area (Å²) in [6, 6.07) is 58.7. The zero-order chi connectivity index (χ0) is 87.3. The summed E-state index contributed by atoms with van der Waals surface area (Å²) >= 11 is 0. The molecule has 0 atom stereocenters. The molecule has 0 aliphatic heterocycles. The van der Waals surface area contributed by atoms with Crippen LogP contribution in [0.15, 0.2) is 255 Å². The molecule has 15 aromatic rings. The van der Waals surface area contributed by atoms with Crippen LogP contribution in [0, 0.1) is 52.4 Å². The van der Waals surface area contributed by atoms with Crippen molar-refractivity contribution in [1.29, 1.82) is 0 Å². The van der Waals surface area contributed by atoms with E-state index in [9.17, 15) is 27.7 Å². The molecule has 10 heterocycles. The van der Waals surface area contributed by atoms with Gasteiger partial charge >= 0.3 is 6.36 Å². The predicted molar refractivity (Wildman–Crippen MR) is 477 cm³/mol. The fourth-order valence-electron chi connectivity index (χ4n) is 15.2. The van der Waals surface area contributed by atoms with E-state index in [0.29, 0.717) is 78.4 Å². The number of nitrogens with zero attached hydrogens (tertiary/aromatic N) is 17. The molecule has 5 aliphatic carbocycles. The summed E-state index contributed by atoms with van der Waals surface area (Å²) in [5, 5.41) is 34.0. The van der Waals surface area contributed by atoms with E-state index in [-0.39, 0.29) is 23.0 Å². The van der Waals surface area contributed by atoms with E-state index in [1.54, 1.807) is 58.1 Å². The Morgan fingerprint density at radius 1 is 0.424 bits per heavy atom. The Bertz CT molecular complexity index is 6560. The molecule has 5 fully saturated rings. The first-order valence-electron chi connectivity index (χ1n) is 42.0. The third-order valence-electron chi connectivity index (χ3n) is 22.7. The number of hydrogen-bond donors (Lipinski definition) is 0. The minimum atomic E-state index is -4.70. The van der Waals surface area contributed by atoms with Crippen molar-refractivity contribution in [2.45, 2.75) is 117 Å². The summed E-state index contributed by atoms with van der Waals surface area (Å²) in [6.07, 6.45) is 11.2. The number of methoxy groups -OCH3 is 2. The highest BCUT2D eigenvalue weighted by atomic mass is 19.4. The number of halogens is 4. The molecular formula is C98H97F4N17O6. The molecule has 0 unspecified atom stereocenters. The lowest BCUT2D eigenvalue weighted by atomic mass is 10.1. The van der Waals surface area contributed by atoms with E-state index >= 15 is 0 Å². The second-order valence-corrected chi connectivity index (χ2v) is 32.5. The van der Waals surface area contributed by atoms with Gasteiger partial charge in [0, 0.05) is 91.8 Å². The number of non-ortho nitro benzene ring substituents is 1. The van der Waals surface area contributed by atoms with Crippen molar-refractivity contribution in [3.8, 4) is 79.3 Å². The quantitative estimate of drug-likeness (QED) is 0.0201. The Kier molecular flexibility index (Phi) is 24.8. The number of anilines is 1. The van der Waals surface area contributed by atoms with Crippen molar-refractivity contribution in [3.63, 3.8) is 0 Å². The van der Waals surface area contributed by atoms with Crippen LogP contribution < -0.4 is 23.8 Å². The Hall–Kier alpha value is -14.0. The van der Waals surface area contributed by atoms with Crippen LogP contribution in [0.25, 0.3) is 84.5 Å². The molecule has 23 nitrogen and oxygen atoms in total. The highest BCUT2D eigenvalue weighted by Gasteiger charge is 2.33.